The van der Waals surface area contributed by atoms with Crippen molar-refractivity contribution in [2.24, 2.45) is 17.8 Å². The van der Waals surface area contributed by atoms with Crippen LogP contribution in [-0.4, -0.2) is 79.1 Å². The zero-order valence-electron chi connectivity index (χ0n) is 34.0. The van der Waals surface area contributed by atoms with Gasteiger partial charge in [0.15, 0.2) is 0 Å². The number of carbonyl (C=O) groups excluding carboxylic acids is 3. The molecule has 0 radical (unpaired) electrons. The first-order valence-corrected chi connectivity index (χ1v) is 20.7. The van der Waals surface area contributed by atoms with E-state index in [0.29, 0.717) is 37.4 Å². The Morgan fingerprint density at radius 2 is 1.70 bits per heavy atom. The quantitative estimate of drug-likeness (QED) is 0.107. The topological polar surface area (TPSA) is 122 Å². The van der Waals surface area contributed by atoms with Crippen LogP contribution in [0, 0.1) is 17.8 Å². The van der Waals surface area contributed by atoms with Crippen LogP contribution >= 0.6 is 11.3 Å². The van der Waals surface area contributed by atoms with E-state index in [1.165, 1.54) is 22.5 Å². The predicted octanol–water partition coefficient (Wildman–Crippen LogP) is 7.42. The number of carbonyl (C=O) groups is 3. The molecule has 296 valence electrons. The molecule has 0 aliphatic heterocycles. The first-order chi connectivity index (χ1) is 25.3. The fourth-order valence-corrected chi connectivity index (χ4v) is 8.21. The number of ether oxygens (including phenoxy) is 2. The van der Waals surface area contributed by atoms with E-state index in [-0.39, 0.29) is 59.5 Å². The molecule has 0 bridgehead atoms. The zero-order valence-corrected chi connectivity index (χ0v) is 34.8. The average Bonchev–Trinajstić information content (AvgIpc) is 3.66. The summed E-state index contributed by atoms with van der Waals surface area (Å²) in [5.41, 5.74) is 2.73. The number of methoxy groups -OCH3 is 1. The third-order valence-corrected chi connectivity index (χ3v) is 11.8. The highest BCUT2D eigenvalue weighted by Crippen LogP contribution is 2.37. The summed E-state index contributed by atoms with van der Waals surface area (Å²) in [6.45, 7) is 21.8. The summed E-state index contributed by atoms with van der Waals surface area (Å²) in [5.74, 6) is 0.412. The lowest BCUT2D eigenvalue weighted by Crippen LogP contribution is -2.59. The summed E-state index contributed by atoms with van der Waals surface area (Å²) in [7, 11) is 3.43. The van der Waals surface area contributed by atoms with Crippen LogP contribution in [0.2, 0.25) is 0 Å². The van der Waals surface area contributed by atoms with E-state index < -0.39 is 12.1 Å². The largest absolute Gasteiger partial charge is 0.501 e. The fraction of sp³-hybridized carbons (Fsp3) is 0.667. The van der Waals surface area contributed by atoms with Gasteiger partial charge in [0.2, 0.25) is 11.8 Å². The first-order valence-electron chi connectivity index (χ1n) is 19.8. The van der Waals surface area contributed by atoms with E-state index in [4.69, 9.17) is 14.5 Å². The Morgan fingerprint density at radius 1 is 1.02 bits per heavy atom. The van der Waals surface area contributed by atoms with E-state index >= 15 is 0 Å². The summed E-state index contributed by atoms with van der Waals surface area (Å²) >= 11 is 1.42. The number of nitrogens with one attached hydrogen (secondary N) is 3. The van der Waals surface area contributed by atoms with Crippen molar-refractivity contribution >= 4 is 29.1 Å². The second-order valence-electron chi connectivity index (χ2n) is 15.1. The van der Waals surface area contributed by atoms with Crippen molar-refractivity contribution in [1.29, 1.82) is 0 Å². The number of hydrogen-bond acceptors (Lipinski definition) is 8. The van der Waals surface area contributed by atoms with Gasteiger partial charge in [0.25, 0.3) is 5.91 Å². The molecule has 3 amide bonds. The smallest absolute Gasteiger partial charge is 0.270 e. The van der Waals surface area contributed by atoms with E-state index in [1.54, 1.807) is 19.5 Å². The molecule has 0 saturated heterocycles. The van der Waals surface area contributed by atoms with Crippen LogP contribution in [0.1, 0.15) is 133 Å². The second-order valence-corrected chi connectivity index (χ2v) is 16.0. The molecule has 0 spiro atoms. The molecule has 0 unspecified atom stereocenters. The molecule has 1 aliphatic rings. The number of rotatable bonds is 22. The predicted molar refractivity (Wildman–Crippen MR) is 215 cm³/mol. The van der Waals surface area contributed by atoms with E-state index in [1.807, 2.05) is 30.9 Å². The standard InChI is InChI=1S/C42H67N5O5S/c1-12-20-47(42(50)38(28(8)15-4)46-40(49)37(43-10)27(7)14-3)35(26(5)6)24-36(52-21-13-2)41-45-34(25-53-41)39(48)44-31-22-30-18-16-17-19-32(30)33(23-31)29(9)51-11/h16-19,25-28,31,33,35-38,43H,9,12-15,20-24H2,1-8,10-11H3,(H,44,48)(H,46,49)/t27-,28-,31-,33-,35+,36+,37-,38-/m0/s1. The van der Waals surface area contributed by atoms with Gasteiger partial charge in [0.05, 0.1) is 18.9 Å². The van der Waals surface area contributed by atoms with Gasteiger partial charge in [0.1, 0.15) is 22.8 Å². The lowest BCUT2D eigenvalue weighted by Gasteiger charge is -2.39. The normalized spacial score (nSPS) is 18.9. The Morgan fingerprint density at radius 3 is 2.30 bits per heavy atom. The Balaban J connectivity index is 1.86. The van der Waals surface area contributed by atoms with Gasteiger partial charge in [-0.25, -0.2) is 4.98 Å². The van der Waals surface area contributed by atoms with E-state index in [2.05, 4.69) is 76.2 Å². The van der Waals surface area contributed by atoms with E-state index in [9.17, 15) is 14.4 Å². The van der Waals surface area contributed by atoms with Crippen LogP contribution in [0.25, 0.3) is 0 Å². The highest BCUT2D eigenvalue weighted by Gasteiger charge is 2.38. The molecule has 0 fully saturated rings. The molecule has 1 aromatic heterocycles. The Labute approximate surface area is 323 Å². The van der Waals surface area contributed by atoms with E-state index in [0.717, 1.165) is 37.1 Å². The minimum Gasteiger partial charge on any atom is -0.501 e. The van der Waals surface area contributed by atoms with Crippen molar-refractivity contribution < 1.29 is 23.9 Å². The van der Waals surface area contributed by atoms with Crippen molar-refractivity contribution in [3.05, 3.63) is 63.8 Å². The van der Waals surface area contributed by atoms with Crippen molar-refractivity contribution in [3.63, 3.8) is 0 Å². The number of thiazole rings is 1. The van der Waals surface area contributed by atoms with Crippen LogP contribution in [0.4, 0.5) is 0 Å². The minimum atomic E-state index is -0.655. The van der Waals surface area contributed by atoms with Gasteiger partial charge in [0, 0.05) is 43.0 Å². The lowest BCUT2D eigenvalue weighted by atomic mass is 9.79. The number of likely N-dealkylation sites (N-methyl/N-ethyl adjacent to an activating group) is 1. The molecule has 2 aromatic rings. The lowest BCUT2D eigenvalue weighted by molar-refractivity contribution is -0.142. The van der Waals surface area contributed by atoms with Crippen LogP contribution in [0.3, 0.4) is 0 Å². The fourth-order valence-electron chi connectivity index (χ4n) is 7.35. The maximum Gasteiger partial charge on any atom is 0.270 e. The van der Waals surface area contributed by atoms with Crippen molar-refractivity contribution in [1.82, 2.24) is 25.8 Å². The zero-order chi connectivity index (χ0) is 39.2. The molecule has 1 heterocycles. The second kappa shape index (κ2) is 21.6. The number of fused-ring (bicyclic) bond motifs is 1. The Kier molecular flexibility index (Phi) is 18.0. The molecule has 1 aromatic carbocycles. The number of aromatic nitrogens is 1. The van der Waals surface area contributed by atoms with Crippen molar-refractivity contribution in [3.8, 4) is 0 Å². The third kappa shape index (κ3) is 11.6. The molecule has 3 rings (SSSR count). The van der Waals surface area contributed by atoms with Crippen LogP contribution < -0.4 is 16.0 Å². The van der Waals surface area contributed by atoms with Gasteiger partial charge >= 0.3 is 0 Å². The van der Waals surface area contributed by atoms with Gasteiger partial charge in [-0.3, -0.25) is 14.4 Å². The van der Waals surface area contributed by atoms with Gasteiger partial charge in [-0.2, -0.15) is 0 Å². The monoisotopic (exact) mass is 753 g/mol. The van der Waals surface area contributed by atoms with Crippen molar-refractivity contribution in [2.45, 2.75) is 137 Å². The summed E-state index contributed by atoms with van der Waals surface area (Å²) in [5, 5.41) is 12.1. The van der Waals surface area contributed by atoms with Gasteiger partial charge in [-0.1, -0.05) is 99.1 Å². The summed E-state index contributed by atoms with van der Waals surface area (Å²) in [4.78, 5) is 48.7. The molecular weight excluding hydrogens is 687 g/mol. The molecule has 10 nitrogen and oxygen atoms in total. The average molecular weight is 754 g/mol. The third-order valence-electron chi connectivity index (χ3n) is 10.9. The van der Waals surface area contributed by atoms with Gasteiger partial charge in [-0.15, -0.1) is 11.3 Å². The molecule has 0 saturated carbocycles. The summed E-state index contributed by atoms with van der Waals surface area (Å²) in [6, 6.07) is 6.93. The maximum absolute atomic E-state index is 14.6. The number of hydrogen-bond donors (Lipinski definition) is 3. The molecule has 11 heteroatoms. The molecule has 1 aliphatic carbocycles. The number of allylic oxidation sites excluding steroid dienone is 1. The minimum absolute atomic E-state index is 0.00677. The summed E-state index contributed by atoms with van der Waals surface area (Å²) in [6.07, 6.45) is 4.71. The Hall–Kier alpha value is -3.28. The Bertz CT molecular complexity index is 1480. The summed E-state index contributed by atoms with van der Waals surface area (Å²) < 4.78 is 12.0. The van der Waals surface area contributed by atoms with Gasteiger partial charge in [-0.05, 0) is 61.6 Å². The molecule has 53 heavy (non-hydrogen) atoms. The molecular formula is C42H67N5O5S. The molecule has 8 atom stereocenters. The number of amides is 3. The van der Waals surface area contributed by atoms with Crippen LogP contribution in [0.5, 0.6) is 0 Å². The highest BCUT2D eigenvalue weighted by molar-refractivity contribution is 7.09. The SMILES string of the molecule is C=C(OC)[C@@H]1C[C@@H](NC(=O)c2csc([C@@H](C[C@H](C(C)C)N(CCC)C(=O)[C@@H](NC(=O)[C@@H](NC)[C@@H](C)CC)[C@@H](C)CC)OCCC)n2)Cc2ccccc21. The van der Waals surface area contributed by atoms with Gasteiger partial charge < -0.3 is 30.3 Å². The first kappa shape index (κ1) is 44.1. The molecule has 3 N–H and O–H groups in total. The van der Waals surface area contributed by atoms with Crippen LogP contribution in [0.15, 0.2) is 42.0 Å². The van der Waals surface area contributed by atoms with Crippen LogP contribution in [-0.2, 0) is 25.5 Å². The maximum atomic E-state index is 14.6. The highest BCUT2D eigenvalue weighted by atomic mass is 32.1. The van der Waals surface area contributed by atoms with Crippen molar-refractivity contribution in [2.75, 3.05) is 27.3 Å². The number of benzene rings is 1. The number of nitrogens with zero attached hydrogens (tertiary/aromatic N) is 2.